The van der Waals surface area contributed by atoms with Crippen LogP contribution in [-0.4, -0.2) is 35.5 Å². The van der Waals surface area contributed by atoms with Gasteiger partial charge in [-0.1, -0.05) is 29.3 Å². The molecule has 0 radical (unpaired) electrons. The fourth-order valence-corrected chi connectivity index (χ4v) is 5.56. The number of carbonyl (C=O) groups excluding carboxylic acids is 1. The third-order valence-electron chi connectivity index (χ3n) is 4.76. The Kier molecular flexibility index (Phi) is 8.32. The van der Waals surface area contributed by atoms with Gasteiger partial charge >= 0.3 is 6.18 Å². The molecule has 1 amide bonds. The standard InChI is InChI=1S/C22H18Cl2F3N3O5S2/c1-36(32,33)30(20-10-5-15(23)12-19(20)24)13-21(31)28-16-6-8-18(9-7-16)37(34,35)29-17-4-2-3-14(11-17)22(25,26)27/h2-12,29H,13H2,1H3,(H,28,31). The van der Waals surface area contributed by atoms with Gasteiger partial charge in [0.1, 0.15) is 6.54 Å². The summed E-state index contributed by atoms with van der Waals surface area (Å²) in [6.45, 7) is -0.642. The predicted molar refractivity (Wildman–Crippen MR) is 136 cm³/mol. The first-order valence-corrected chi connectivity index (χ1v) is 14.2. The van der Waals surface area contributed by atoms with E-state index in [-0.39, 0.29) is 32.0 Å². The SMILES string of the molecule is CS(=O)(=O)N(CC(=O)Nc1ccc(S(=O)(=O)Nc2cccc(C(F)(F)F)c2)cc1)c1ccc(Cl)cc1Cl. The molecular formula is C22H18Cl2F3N3O5S2. The summed E-state index contributed by atoms with van der Waals surface area (Å²) in [7, 11) is -8.17. The second kappa shape index (κ2) is 10.8. The van der Waals surface area contributed by atoms with Crippen molar-refractivity contribution in [1.29, 1.82) is 0 Å². The zero-order valence-electron chi connectivity index (χ0n) is 18.8. The zero-order chi connectivity index (χ0) is 27.6. The van der Waals surface area contributed by atoms with Gasteiger partial charge in [-0.15, -0.1) is 0 Å². The Morgan fingerprint density at radius 3 is 2.14 bits per heavy atom. The molecule has 3 rings (SSSR count). The Hall–Kier alpha value is -3.00. The number of carbonyl (C=O) groups is 1. The van der Waals surface area contributed by atoms with Crippen molar-refractivity contribution in [2.45, 2.75) is 11.1 Å². The van der Waals surface area contributed by atoms with Gasteiger partial charge in [-0.25, -0.2) is 16.8 Å². The molecule has 0 spiro atoms. The number of amides is 1. The summed E-state index contributed by atoms with van der Waals surface area (Å²) in [6, 6.07) is 12.5. The highest BCUT2D eigenvalue weighted by Gasteiger charge is 2.31. The van der Waals surface area contributed by atoms with E-state index in [2.05, 4.69) is 10.0 Å². The third-order valence-corrected chi connectivity index (χ3v) is 7.82. The number of alkyl halides is 3. The van der Waals surface area contributed by atoms with E-state index in [1.165, 1.54) is 36.4 Å². The van der Waals surface area contributed by atoms with E-state index in [0.29, 0.717) is 6.07 Å². The molecule has 198 valence electrons. The molecule has 3 aromatic rings. The predicted octanol–water partition coefficient (Wildman–Crippen LogP) is 5.22. The summed E-state index contributed by atoms with van der Waals surface area (Å²) >= 11 is 11.9. The van der Waals surface area contributed by atoms with Gasteiger partial charge in [0.25, 0.3) is 10.0 Å². The van der Waals surface area contributed by atoms with E-state index >= 15 is 0 Å². The smallest absolute Gasteiger partial charge is 0.325 e. The van der Waals surface area contributed by atoms with Crippen LogP contribution in [0.3, 0.4) is 0 Å². The number of benzene rings is 3. The molecular weight excluding hydrogens is 578 g/mol. The average molecular weight is 596 g/mol. The number of sulfonamides is 2. The van der Waals surface area contributed by atoms with Crippen molar-refractivity contribution < 1.29 is 34.8 Å². The van der Waals surface area contributed by atoms with Crippen molar-refractivity contribution in [2.75, 3.05) is 27.1 Å². The van der Waals surface area contributed by atoms with Crippen molar-refractivity contribution in [2.24, 2.45) is 0 Å². The zero-order valence-corrected chi connectivity index (χ0v) is 21.9. The minimum absolute atomic E-state index is 0.00792. The quantitative estimate of drug-likeness (QED) is 0.371. The van der Waals surface area contributed by atoms with E-state index < -0.39 is 44.2 Å². The Labute approximate surface area is 221 Å². The lowest BCUT2D eigenvalue weighted by molar-refractivity contribution is -0.137. The van der Waals surface area contributed by atoms with Crippen molar-refractivity contribution >= 4 is 66.2 Å². The van der Waals surface area contributed by atoms with Crippen LogP contribution in [0.1, 0.15) is 5.56 Å². The van der Waals surface area contributed by atoms with Crippen molar-refractivity contribution in [1.82, 2.24) is 0 Å². The van der Waals surface area contributed by atoms with Gasteiger partial charge < -0.3 is 5.32 Å². The maximum atomic E-state index is 12.9. The number of rotatable bonds is 8. The van der Waals surface area contributed by atoms with Gasteiger partial charge in [0, 0.05) is 16.4 Å². The summed E-state index contributed by atoms with van der Waals surface area (Å²) in [5.41, 5.74) is -1.13. The normalized spacial score (nSPS) is 12.2. The van der Waals surface area contributed by atoms with Crippen LogP contribution in [0.15, 0.2) is 71.6 Å². The first kappa shape index (κ1) is 28.6. The van der Waals surface area contributed by atoms with Gasteiger partial charge in [0.2, 0.25) is 15.9 Å². The number of anilines is 3. The van der Waals surface area contributed by atoms with Crippen LogP contribution in [0, 0.1) is 0 Å². The monoisotopic (exact) mass is 595 g/mol. The first-order chi connectivity index (χ1) is 17.1. The molecule has 0 bridgehead atoms. The molecule has 0 aliphatic rings. The topological polar surface area (TPSA) is 113 Å². The maximum Gasteiger partial charge on any atom is 0.416 e. The van der Waals surface area contributed by atoms with E-state index in [0.717, 1.165) is 34.8 Å². The summed E-state index contributed by atoms with van der Waals surface area (Å²) in [4.78, 5) is 12.3. The Morgan fingerprint density at radius 1 is 0.919 bits per heavy atom. The molecule has 3 aromatic carbocycles. The molecule has 0 aromatic heterocycles. The minimum atomic E-state index is -4.65. The van der Waals surface area contributed by atoms with E-state index in [1.54, 1.807) is 0 Å². The fraction of sp³-hybridized carbons (Fsp3) is 0.136. The lowest BCUT2D eigenvalue weighted by Crippen LogP contribution is -2.37. The lowest BCUT2D eigenvalue weighted by Gasteiger charge is -2.23. The largest absolute Gasteiger partial charge is 0.416 e. The van der Waals surface area contributed by atoms with Crippen molar-refractivity contribution in [3.8, 4) is 0 Å². The second-order valence-corrected chi connectivity index (χ2v) is 12.1. The van der Waals surface area contributed by atoms with Crippen LogP contribution in [0.2, 0.25) is 10.0 Å². The second-order valence-electron chi connectivity index (χ2n) is 7.62. The molecule has 0 unspecified atom stereocenters. The molecule has 0 aliphatic heterocycles. The Bertz CT molecular complexity index is 1530. The molecule has 0 atom stereocenters. The number of nitrogens with one attached hydrogen (secondary N) is 2. The van der Waals surface area contributed by atoms with Gasteiger partial charge in [0.05, 0.1) is 27.4 Å². The van der Waals surface area contributed by atoms with E-state index in [4.69, 9.17) is 23.2 Å². The summed E-state index contributed by atoms with van der Waals surface area (Å²) in [5.74, 6) is -0.755. The highest BCUT2D eigenvalue weighted by Crippen LogP contribution is 2.32. The molecule has 2 N–H and O–H groups in total. The number of hydrogen-bond donors (Lipinski definition) is 2. The Morgan fingerprint density at radius 2 is 1.57 bits per heavy atom. The van der Waals surface area contributed by atoms with Gasteiger partial charge in [-0.2, -0.15) is 13.2 Å². The molecule has 0 fully saturated rings. The van der Waals surface area contributed by atoms with Crippen molar-refractivity contribution in [3.63, 3.8) is 0 Å². The summed E-state index contributed by atoms with van der Waals surface area (Å²) in [5, 5.41) is 2.72. The lowest BCUT2D eigenvalue weighted by atomic mass is 10.2. The average Bonchev–Trinajstić information content (AvgIpc) is 2.77. The van der Waals surface area contributed by atoms with Crippen LogP contribution >= 0.6 is 23.2 Å². The molecule has 0 heterocycles. The molecule has 0 saturated heterocycles. The molecule has 15 heteroatoms. The fourth-order valence-electron chi connectivity index (χ4n) is 3.09. The maximum absolute atomic E-state index is 12.9. The number of halogens is 5. The van der Waals surface area contributed by atoms with Crippen LogP contribution in [0.5, 0.6) is 0 Å². The summed E-state index contributed by atoms with van der Waals surface area (Å²) < 4.78 is 91.2. The third kappa shape index (κ3) is 7.51. The highest BCUT2D eigenvalue weighted by atomic mass is 35.5. The van der Waals surface area contributed by atoms with Gasteiger partial charge in [-0.05, 0) is 60.7 Å². The molecule has 37 heavy (non-hydrogen) atoms. The number of nitrogens with zero attached hydrogens (tertiary/aromatic N) is 1. The highest BCUT2D eigenvalue weighted by molar-refractivity contribution is 7.92. The number of hydrogen-bond acceptors (Lipinski definition) is 5. The minimum Gasteiger partial charge on any atom is -0.325 e. The van der Waals surface area contributed by atoms with E-state index in [9.17, 15) is 34.8 Å². The van der Waals surface area contributed by atoms with Gasteiger partial charge in [-0.3, -0.25) is 13.8 Å². The van der Waals surface area contributed by atoms with E-state index in [1.807, 2.05) is 0 Å². The molecule has 0 saturated carbocycles. The van der Waals surface area contributed by atoms with Crippen LogP contribution in [-0.2, 0) is 31.0 Å². The van der Waals surface area contributed by atoms with Crippen LogP contribution < -0.4 is 14.3 Å². The first-order valence-electron chi connectivity index (χ1n) is 10.1. The van der Waals surface area contributed by atoms with Gasteiger partial charge in [0.15, 0.2) is 0 Å². The van der Waals surface area contributed by atoms with Crippen molar-refractivity contribution in [3.05, 3.63) is 82.3 Å². The molecule has 8 nitrogen and oxygen atoms in total. The van der Waals surface area contributed by atoms with Crippen LogP contribution in [0.25, 0.3) is 0 Å². The molecule has 0 aliphatic carbocycles. The Balaban J connectivity index is 1.73. The van der Waals surface area contributed by atoms with Crippen LogP contribution in [0.4, 0.5) is 30.2 Å². The summed E-state index contributed by atoms with van der Waals surface area (Å²) in [6.07, 6.45) is -3.75.